The summed E-state index contributed by atoms with van der Waals surface area (Å²) in [6, 6.07) is 22.2. The molecule has 0 fully saturated rings. The van der Waals surface area contributed by atoms with Crippen LogP contribution >= 0.6 is 0 Å². The van der Waals surface area contributed by atoms with E-state index < -0.39 is 0 Å². The lowest BCUT2D eigenvalue weighted by atomic mass is 9.66. The fourth-order valence-corrected chi connectivity index (χ4v) is 6.76. The molecule has 0 radical (unpaired) electrons. The van der Waals surface area contributed by atoms with Crippen molar-refractivity contribution >= 4 is 0 Å². The molecule has 0 spiro atoms. The van der Waals surface area contributed by atoms with Gasteiger partial charge in [0.1, 0.15) is 5.82 Å². The second-order valence-corrected chi connectivity index (χ2v) is 12.7. The van der Waals surface area contributed by atoms with Crippen LogP contribution in [0.2, 0.25) is 0 Å². The molecule has 0 aliphatic rings. The van der Waals surface area contributed by atoms with Crippen molar-refractivity contribution in [2.75, 3.05) is 0 Å². The first-order valence-electron chi connectivity index (χ1n) is 17.3. The zero-order chi connectivity index (χ0) is 29.0. The Morgan fingerprint density at radius 1 is 0.634 bits per heavy atom. The van der Waals surface area contributed by atoms with E-state index in [4.69, 9.17) is 4.98 Å². The van der Waals surface area contributed by atoms with Gasteiger partial charge in [-0.3, -0.25) is 0 Å². The second-order valence-electron chi connectivity index (χ2n) is 12.7. The van der Waals surface area contributed by atoms with E-state index in [9.17, 15) is 0 Å². The van der Waals surface area contributed by atoms with Crippen molar-refractivity contribution in [3.8, 4) is 0 Å². The van der Waals surface area contributed by atoms with E-state index >= 15 is 0 Å². The van der Waals surface area contributed by atoms with Crippen molar-refractivity contribution in [3.63, 3.8) is 0 Å². The second kappa shape index (κ2) is 19.7. The topological polar surface area (TPSA) is 17.8 Å². The lowest BCUT2D eigenvalue weighted by molar-refractivity contribution is 0.328. The van der Waals surface area contributed by atoms with Crippen LogP contribution in [0, 0.1) is 0 Å². The Labute approximate surface area is 253 Å². The summed E-state index contributed by atoms with van der Waals surface area (Å²) in [6.45, 7) is 8.18. The van der Waals surface area contributed by atoms with Crippen LogP contribution in [0.5, 0.6) is 0 Å². The zero-order valence-electron chi connectivity index (χ0n) is 26.8. The quantitative estimate of drug-likeness (QED) is 0.106. The van der Waals surface area contributed by atoms with E-state index in [0.717, 1.165) is 25.8 Å². The van der Waals surface area contributed by atoms with E-state index in [1.807, 2.05) is 6.20 Å². The molecule has 3 aromatic rings. The molecule has 41 heavy (non-hydrogen) atoms. The highest BCUT2D eigenvalue weighted by Crippen LogP contribution is 2.44. The fourth-order valence-electron chi connectivity index (χ4n) is 6.76. The van der Waals surface area contributed by atoms with E-state index in [-0.39, 0.29) is 5.41 Å². The molecule has 2 heteroatoms. The van der Waals surface area contributed by atoms with Crippen LogP contribution in [0.3, 0.4) is 0 Å². The smallest absolute Gasteiger partial charge is 0.112 e. The summed E-state index contributed by atoms with van der Waals surface area (Å²) < 4.78 is 2.48. The molecule has 2 nitrogen and oxygen atoms in total. The Morgan fingerprint density at radius 3 is 1.68 bits per heavy atom. The van der Waals surface area contributed by atoms with Gasteiger partial charge in [0.05, 0.1) is 0 Å². The summed E-state index contributed by atoms with van der Waals surface area (Å²) in [5.74, 6) is 1.65. The van der Waals surface area contributed by atoms with Gasteiger partial charge in [0.25, 0.3) is 0 Å². The SMILES string of the molecule is CCCCCCCCCCCCCCCCCn1ccnc1C(CCC)C(C)(Cc1ccccc1)c1ccccc1. The molecule has 2 unspecified atom stereocenters. The molecule has 0 N–H and O–H groups in total. The summed E-state index contributed by atoms with van der Waals surface area (Å²) in [5.41, 5.74) is 2.81. The van der Waals surface area contributed by atoms with Crippen molar-refractivity contribution in [1.82, 2.24) is 9.55 Å². The van der Waals surface area contributed by atoms with Gasteiger partial charge in [-0.15, -0.1) is 0 Å². The van der Waals surface area contributed by atoms with Gasteiger partial charge in [0.2, 0.25) is 0 Å². The number of aromatic nitrogens is 2. The first-order valence-corrected chi connectivity index (χ1v) is 17.3. The highest BCUT2D eigenvalue weighted by Gasteiger charge is 2.38. The lowest BCUT2D eigenvalue weighted by Crippen LogP contribution is -2.35. The third kappa shape index (κ3) is 11.4. The number of benzene rings is 2. The minimum absolute atomic E-state index is 0.0171. The van der Waals surface area contributed by atoms with Gasteiger partial charge in [-0.25, -0.2) is 4.98 Å². The van der Waals surface area contributed by atoms with Crippen LogP contribution < -0.4 is 0 Å². The van der Waals surface area contributed by atoms with E-state index in [2.05, 4.69) is 92.2 Å². The molecular formula is C39H60N2. The van der Waals surface area contributed by atoms with Crippen LogP contribution in [0.25, 0.3) is 0 Å². The third-order valence-electron chi connectivity index (χ3n) is 9.26. The predicted octanol–water partition coefficient (Wildman–Crippen LogP) is 11.8. The van der Waals surface area contributed by atoms with E-state index in [1.54, 1.807) is 0 Å². The van der Waals surface area contributed by atoms with Crippen LogP contribution in [-0.2, 0) is 18.4 Å². The maximum Gasteiger partial charge on any atom is 0.112 e. The van der Waals surface area contributed by atoms with Gasteiger partial charge >= 0.3 is 0 Å². The van der Waals surface area contributed by atoms with Crippen molar-refractivity contribution in [3.05, 3.63) is 90.0 Å². The standard InChI is InChI=1S/C39H60N2/c1-4-6-7-8-9-10-11-12-13-14-15-16-17-18-25-32-41-33-31-40-38(41)37(26-5-2)39(3,36-29-23-20-24-30-36)34-35-27-21-19-22-28-35/h19-24,27-31,33,37H,4-18,25-26,32,34H2,1-3H3. The zero-order valence-corrected chi connectivity index (χ0v) is 26.8. The van der Waals surface area contributed by atoms with Crippen LogP contribution in [-0.4, -0.2) is 9.55 Å². The minimum Gasteiger partial charge on any atom is -0.335 e. The Hall–Kier alpha value is -2.35. The summed E-state index contributed by atoms with van der Waals surface area (Å²) in [4.78, 5) is 5.02. The van der Waals surface area contributed by atoms with Gasteiger partial charge in [0.15, 0.2) is 0 Å². The summed E-state index contributed by atoms with van der Waals surface area (Å²) in [5, 5.41) is 0. The molecular weight excluding hydrogens is 496 g/mol. The number of hydrogen-bond acceptors (Lipinski definition) is 1. The van der Waals surface area contributed by atoms with Gasteiger partial charge in [-0.05, 0) is 30.4 Å². The molecule has 0 saturated heterocycles. The van der Waals surface area contributed by atoms with Gasteiger partial charge in [0, 0.05) is 30.3 Å². The van der Waals surface area contributed by atoms with Crippen molar-refractivity contribution in [2.24, 2.45) is 0 Å². The Bertz CT molecular complexity index is 1020. The van der Waals surface area contributed by atoms with Crippen molar-refractivity contribution in [1.29, 1.82) is 0 Å². The average Bonchev–Trinajstić information content (AvgIpc) is 3.46. The Kier molecular flexibility index (Phi) is 15.9. The number of nitrogens with zero attached hydrogens (tertiary/aromatic N) is 2. The van der Waals surface area contributed by atoms with Crippen molar-refractivity contribution in [2.45, 2.75) is 154 Å². The van der Waals surface area contributed by atoms with E-state index in [1.165, 1.54) is 113 Å². The number of rotatable bonds is 23. The Morgan fingerprint density at radius 2 is 1.15 bits per heavy atom. The minimum atomic E-state index is -0.0171. The van der Waals surface area contributed by atoms with Gasteiger partial charge < -0.3 is 4.57 Å². The number of aryl methyl sites for hydroxylation is 1. The van der Waals surface area contributed by atoms with Crippen LogP contribution in [0.4, 0.5) is 0 Å². The molecule has 0 bridgehead atoms. The molecule has 2 atom stereocenters. The molecule has 1 heterocycles. The Balaban J connectivity index is 1.46. The maximum absolute atomic E-state index is 5.02. The number of imidazole rings is 1. The molecule has 226 valence electrons. The number of unbranched alkanes of at least 4 members (excludes halogenated alkanes) is 14. The van der Waals surface area contributed by atoms with Crippen LogP contribution in [0.15, 0.2) is 73.1 Å². The molecule has 0 saturated carbocycles. The molecule has 0 aliphatic heterocycles. The lowest BCUT2D eigenvalue weighted by Gasteiger charge is -2.39. The molecule has 3 rings (SSSR count). The maximum atomic E-state index is 5.02. The third-order valence-corrected chi connectivity index (χ3v) is 9.26. The fraction of sp³-hybridized carbons (Fsp3) is 0.615. The van der Waals surface area contributed by atoms with E-state index in [0.29, 0.717) is 5.92 Å². The largest absolute Gasteiger partial charge is 0.335 e. The van der Waals surface area contributed by atoms with Crippen molar-refractivity contribution < 1.29 is 0 Å². The highest BCUT2D eigenvalue weighted by molar-refractivity contribution is 5.33. The molecule has 1 aromatic heterocycles. The van der Waals surface area contributed by atoms with Gasteiger partial charge in [-0.1, -0.05) is 178 Å². The molecule has 0 amide bonds. The monoisotopic (exact) mass is 556 g/mol. The average molecular weight is 557 g/mol. The highest BCUT2D eigenvalue weighted by atomic mass is 15.1. The predicted molar refractivity (Wildman–Crippen MR) is 179 cm³/mol. The summed E-state index contributed by atoms with van der Waals surface area (Å²) >= 11 is 0. The first kappa shape index (κ1) is 33.2. The summed E-state index contributed by atoms with van der Waals surface area (Å²) in [7, 11) is 0. The van der Waals surface area contributed by atoms with Gasteiger partial charge in [-0.2, -0.15) is 0 Å². The molecule has 0 aliphatic carbocycles. The summed E-state index contributed by atoms with van der Waals surface area (Å²) in [6.07, 6.45) is 28.7. The van der Waals surface area contributed by atoms with Crippen LogP contribution in [0.1, 0.15) is 153 Å². The first-order chi connectivity index (χ1) is 20.2. The number of hydrogen-bond donors (Lipinski definition) is 0. The molecule has 2 aromatic carbocycles. The normalized spacial score (nSPS) is 13.7.